The number of oxime groups is 1. The highest BCUT2D eigenvalue weighted by molar-refractivity contribution is 8.14. The average Bonchev–Trinajstić information content (AvgIpc) is 2.21. The number of amides is 1. The van der Waals surface area contributed by atoms with Gasteiger partial charge in [-0.05, 0) is 5.41 Å². The molecule has 0 aliphatic carbocycles. The summed E-state index contributed by atoms with van der Waals surface area (Å²) in [4.78, 5) is 11.8. The van der Waals surface area contributed by atoms with E-state index in [1.807, 2.05) is 20.8 Å². The van der Waals surface area contributed by atoms with Crippen LogP contribution in [0.25, 0.3) is 0 Å². The molecule has 0 radical (unpaired) electrons. The van der Waals surface area contributed by atoms with Gasteiger partial charge >= 0.3 is 0 Å². The van der Waals surface area contributed by atoms with Gasteiger partial charge in [-0.3, -0.25) is 4.79 Å². The number of thioether (sulfide) groups is 1. The van der Waals surface area contributed by atoms with E-state index in [4.69, 9.17) is 5.21 Å². The summed E-state index contributed by atoms with van der Waals surface area (Å²) in [5, 5.41) is 15.2. The van der Waals surface area contributed by atoms with Crippen LogP contribution in [0.2, 0.25) is 0 Å². The van der Waals surface area contributed by atoms with Gasteiger partial charge in [0.15, 0.2) is 0 Å². The standard InChI is InChI=1S/C11H20N2O2S/c1-6-7-16-10(13-15)8(9(14)12-5)11(2,3)4/h6,8,15H,1,7H2,2-5H3,(H,12,14). The topological polar surface area (TPSA) is 61.7 Å². The second kappa shape index (κ2) is 6.58. The minimum atomic E-state index is -0.451. The molecule has 0 saturated heterocycles. The Morgan fingerprint density at radius 1 is 1.62 bits per heavy atom. The molecule has 1 unspecified atom stereocenters. The van der Waals surface area contributed by atoms with Crippen LogP contribution in [-0.2, 0) is 4.79 Å². The van der Waals surface area contributed by atoms with Gasteiger partial charge < -0.3 is 10.5 Å². The summed E-state index contributed by atoms with van der Waals surface area (Å²) in [7, 11) is 1.58. The molecular formula is C11H20N2O2S. The predicted molar refractivity (Wildman–Crippen MR) is 68.9 cm³/mol. The van der Waals surface area contributed by atoms with Crippen LogP contribution in [0.3, 0.4) is 0 Å². The summed E-state index contributed by atoms with van der Waals surface area (Å²) in [6.45, 7) is 9.41. The largest absolute Gasteiger partial charge is 0.410 e. The Morgan fingerprint density at radius 3 is 2.50 bits per heavy atom. The third-order valence-corrected chi connectivity index (χ3v) is 3.08. The summed E-state index contributed by atoms with van der Waals surface area (Å²) in [5.41, 5.74) is -0.296. The highest BCUT2D eigenvalue weighted by Crippen LogP contribution is 2.31. The van der Waals surface area contributed by atoms with Crippen LogP contribution in [0.1, 0.15) is 20.8 Å². The van der Waals surface area contributed by atoms with Crippen molar-refractivity contribution in [1.82, 2.24) is 5.32 Å². The van der Waals surface area contributed by atoms with Crippen molar-refractivity contribution in [3.63, 3.8) is 0 Å². The third-order valence-electron chi connectivity index (χ3n) is 2.07. The number of carbonyl (C=O) groups excluding carboxylic acids is 1. The molecule has 0 rings (SSSR count). The zero-order chi connectivity index (χ0) is 12.8. The molecule has 0 saturated carbocycles. The van der Waals surface area contributed by atoms with Crippen molar-refractivity contribution in [1.29, 1.82) is 0 Å². The molecule has 92 valence electrons. The summed E-state index contributed by atoms with van der Waals surface area (Å²) < 4.78 is 0. The van der Waals surface area contributed by atoms with Gasteiger partial charge in [0.2, 0.25) is 5.91 Å². The number of hydrogen-bond acceptors (Lipinski definition) is 4. The van der Waals surface area contributed by atoms with E-state index in [1.165, 1.54) is 11.8 Å². The van der Waals surface area contributed by atoms with E-state index >= 15 is 0 Å². The Morgan fingerprint density at radius 2 is 2.19 bits per heavy atom. The Balaban J connectivity index is 5.00. The molecular weight excluding hydrogens is 224 g/mol. The molecule has 0 aromatic rings. The van der Waals surface area contributed by atoms with Crippen LogP contribution < -0.4 is 5.32 Å². The Kier molecular flexibility index (Phi) is 6.18. The van der Waals surface area contributed by atoms with Gasteiger partial charge in [0.05, 0.1) is 5.92 Å². The molecule has 0 aliphatic heterocycles. The summed E-state index contributed by atoms with van der Waals surface area (Å²) in [5.74, 6) is 0.0208. The fourth-order valence-electron chi connectivity index (χ4n) is 1.33. The van der Waals surface area contributed by atoms with Crippen LogP contribution in [0.15, 0.2) is 17.8 Å². The van der Waals surface area contributed by atoms with E-state index in [9.17, 15) is 4.79 Å². The van der Waals surface area contributed by atoms with Crippen molar-refractivity contribution < 1.29 is 10.0 Å². The number of hydrogen-bond donors (Lipinski definition) is 2. The van der Waals surface area contributed by atoms with E-state index in [2.05, 4.69) is 17.1 Å². The first kappa shape index (κ1) is 15.0. The molecule has 0 aromatic carbocycles. The fourth-order valence-corrected chi connectivity index (χ4v) is 2.31. The van der Waals surface area contributed by atoms with Crippen molar-refractivity contribution in [2.45, 2.75) is 20.8 Å². The molecule has 0 spiro atoms. The van der Waals surface area contributed by atoms with Crippen LogP contribution in [0.5, 0.6) is 0 Å². The summed E-state index contributed by atoms with van der Waals surface area (Å²) in [6, 6.07) is 0. The third kappa shape index (κ3) is 4.26. The highest BCUT2D eigenvalue weighted by atomic mass is 32.2. The van der Waals surface area contributed by atoms with E-state index in [0.717, 1.165) is 0 Å². The monoisotopic (exact) mass is 244 g/mol. The number of nitrogens with one attached hydrogen (secondary N) is 1. The molecule has 0 aliphatic rings. The quantitative estimate of drug-likeness (QED) is 0.262. The van der Waals surface area contributed by atoms with Gasteiger partial charge in [0.1, 0.15) is 5.04 Å². The van der Waals surface area contributed by atoms with Crippen molar-refractivity contribution in [3.05, 3.63) is 12.7 Å². The molecule has 16 heavy (non-hydrogen) atoms. The molecule has 2 N–H and O–H groups in total. The fraction of sp³-hybridized carbons (Fsp3) is 0.636. The first-order chi connectivity index (χ1) is 7.38. The molecule has 5 heteroatoms. The van der Waals surface area contributed by atoms with Crippen LogP contribution in [0, 0.1) is 11.3 Å². The lowest BCUT2D eigenvalue weighted by Crippen LogP contribution is -2.40. The molecule has 1 atom stereocenters. The Bertz CT molecular complexity index is 282. The van der Waals surface area contributed by atoms with Gasteiger partial charge in [0.25, 0.3) is 0 Å². The van der Waals surface area contributed by atoms with Gasteiger partial charge in [0, 0.05) is 12.8 Å². The first-order valence-electron chi connectivity index (χ1n) is 5.05. The summed E-state index contributed by atoms with van der Waals surface area (Å²) in [6.07, 6.45) is 1.71. The van der Waals surface area contributed by atoms with Crippen molar-refractivity contribution in [2.24, 2.45) is 16.5 Å². The van der Waals surface area contributed by atoms with E-state index < -0.39 is 5.92 Å². The molecule has 0 fully saturated rings. The number of rotatable bonds is 4. The van der Waals surface area contributed by atoms with E-state index in [1.54, 1.807) is 13.1 Å². The molecule has 0 heterocycles. The maximum absolute atomic E-state index is 11.8. The highest BCUT2D eigenvalue weighted by Gasteiger charge is 2.35. The molecule has 0 bridgehead atoms. The van der Waals surface area contributed by atoms with Gasteiger partial charge in [-0.25, -0.2) is 0 Å². The van der Waals surface area contributed by atoms with Crippen LogP contribution >= 0.6 is 11.8 Å². The second-order valence-corrected chi connectivity index (χ2v) is 5.49. The van der Waals surface area contributed by atoms with Crippen molar-refractivity contribution in [2.75, 3.05) is 12.8 Å². The normalized spacial score (nSPS) is 14.4. The zero-order valence-electron chi connectivity index (χ0n) is 10.3. The molecule has 0 aromatic heterocycles. The molecule has 1 amide bonds. The lowest BCUT2D eigenvalue weighted by Gasteiger charge is -2.29. The Labute approximate surface area is 101 Å². The predicted octanol–water partition coefficient (Wildman–Crippen LogP) is 2.10. The van der Waals surface area contributed by atoms with Gasteiger partial charge in [-0.2, -0.15) is 0 Å². The average molecular weight is 244 g/mol. The smallest absolute Gasteiger partial charge is 0.230 e. The van der Waals surface area contributed by atoms with E-state index in [0.29, 0.717) is 10.8 Å². The van der Waals surface area contributed by atoms with E-state index in [-0.39, 0.29) is 11.3 Å². The minimum Gasteiger partial charge on any atom is -0.410 e. The number of carbonyl (C=O) groups is 1. The minimum absolute atomic E-state index is 0.142. The lowest BCUT2D eigenvalue weighted by atomic mass is 9.80. The van der Waals surface area contributed by atoms with Crippen LogP contribution in [0.4, 0.5) is 0 Å². The van der Waals surface area contributed by atoms with Crippen molar-refractivity contribution >= 4 is 22.7 Å². The van der Waals surface area contributed by atoms with Gasteiger partial charge in [-0.15, -0.1) is 18.3 Å². The maximum atomic E-state index is 11.8. The number of nitrogens with zero attached hydrogens (tertiary/aromatic N) is 1. The zero-order valence-corrected chi connectivity index (χ0v) is 11.1. The lowest BCUT2D eigenvalue weighted by molar-refractivity contribution is -0.124. The second-order valence-electron chi connectivity index (χ2n) is 4.45. The SMILES string of the molecule is C=CCSC(=NO)C(C(=O)NC)C(C)(C)C. The molecule has 4 nitrogen and oxygen atoms in total. The maximum Gasteiger partial charge on any atom is 0.230 e. The Hall–Kier alpha value is -0.970. The van der Waals surface area contributed by atoms with Gasteiger partial charge in [-0.1, -0.05) is 32.0 Å². The van der Waals surface area contributed by atoms with Crippen molar-refractivity contribution in [3.8, 4) is 0 Å². The van der Waals surface area contributed by atoms with Crippen LogP contribution in [-0.4, -0.2) is 29.0 Å². The summed E-state index contributed by atoms with van der Waals surface area (Å²) >= 11 is 1.32. The first-order valence-corrected chi connectivity index (χ1v) is 6.04.